The first kappa shape index (κ1) is 13.6. The van der Waals surface area contributed by atoms with Gasteiger partial charge in [-0.25, -0.2) is 0 Å². The number of rotatable bonds is 4. The van der Waals surface area contributed by atoms with E-state index in [-0.39, 0.29) is 29.7 Å². The fourth-order valence-electron chi connectivity index (χ4n) is 2.05. The lowest BCUT2D eigenvalue weighted by atomic mass is 10.0. The molecule has 1 aromatic rings. The Hall–Kier alpha value is -1.82. The van der Waals surface area contributed by atoms with E-state index in [0.717, 1.165) is 4.90 Å². The third-order valence-electron chi connectivity index (χ3n) is 2.85. The molecule has 1 aliphatic heterocycles. The standard InChI is InChI=1S/C13H13NO4S/c15-11-7-19-8-12(16)14(11)10(6-13(17)18)9-4-2-1-3-5-9/h1-5,10H,6-8H2,(H,17,18). The Morgan fingerprint density at radius 2 is 1.79 bits per heavy atom. The van der Waals surface area contributed by atoms with Crippen molar-refractivity contribution in [2.75, 3.05) is 11.5 Å². The summed E-state index contributed by atoms with van der Waals surface area (Å²) in [6.07, 6.45) is -0.272. The van der Waals surface area contributed by atoms with Gasteiger partial charge in [0.15, 0.2) is 0 Å². The quantitative estimate of drug-likeness (QED) is 0.841. The van der Waals surface area contributed by atoms with Crippen molar-refractivity contribution < 1.29 is 19.5 Å². The highest BCUT2D eigenvalue weighted by Gasteiger charge is 2.34. The minimum atomic E-state index is -1.03. The molecule has 1 heterocycles. The average molecular weight is 279 g/mol. The predicted octanol–water partition coefficient (Wildman–Crippen LogP) is 1.30. The predicted molar refractivity (Wildman–Crippen MR) is 70.6 cm³/mol. The third-order valence-corrected chi connectivity index (χ3v) is 3.75. The van der Waals surface area contributed by atoms with E-state index in [4.69, 9.17) is 5.11 Å². The van der Waals surface area contributed by atoms with Crippen molar-refractivity contribution in [3.8, 4) is 0 Å². The Kier molecular flexibility index (Phi) is 4.21. The van der Waals surface area contributed by atoms with Crippen molar-refractivity contribution in [2.24, 2.45) is 0 Å². The number of thioether (sulfide) groups is 1. The van der Waals surface area contributed by atoms with Crippen LogP contribution in [0.1, 0.15) is 18.0 Å². The second kappa shape index (κ2) is 5.88. The van der Waals surface area contributed by atoms with Crippen molar-refractivity contribution in [3.63, 3.8) is 0 Å². The van der Waals surface area contributed by atoms with Crippen molar-refractivity contribution in [3.05, 3.63) is 35.9 Å². The van der Waals surface area contributed by atoms with Crippen LogP contribution in [0.4, 0.5) is 0 Å². The maximum absolute atomic E-state index is 11.9. The first-order chi connectivity index (χ1) is 9.09. The van der Waals surface area contributed by atoms with Crippen LogP contribution in [0, 0.1) is 0 Å². The fraction of sp³-hybridized carbons (Fsp3) is 0.308. The molecule has 1 unspecified atom stereocenters. The molecule has 0 radical (unpaired) electrons. The van der Waals surface area contributed by atoms with Crippen LogP contribution in [-0.4, -0.2) is 39.3 Å². The lowest BCUT2D eigenvalue weighted by Gasteiger charge is -2.32. The van der Waals surface area contributed by atoms with Gasteiger partial charge in [-0.15, -0.1) is 11.8 Å². The van der Waals surface area contributed by atoms with E-state index in [0.29, 0.717) is 5.56 Å². The molecule has 5 nitrogen and oxygen atoms in total. The van der Waals surface area contributed by atoms with E-state index in [2.05, 4.69) is 0 Å². The van der Waals surface area contributed by atoms with Crippen molar-refractivity contribution in [1.82, 2.24) is 4.90 Å². The van der Waals surface area contributed by atoms with E-state index in [1.165, 1.54) is 11.8 Å². The number of hydrogen-bond acceptors (Lipinski definition) is 4. The van der Waals surface area contributed by atoms with Crippen LogP contribution < -0.4 is 0 Å². The fourth-order valence-corrected chi connectivity index (χ4v) is 2.78. The summed E-state index contributed by atoms with van der Waals surface area (Å²) in [5.41, 5.74) is 0.665. The number of benzene rings is 1. The van der Waals surface area contributed by atoms with Gasteiger partial charge in [0.2, 0.25) is 11.8 Å². The molecule has 1 aromatic carbocycles. The van der Waals surface area contributed by atoms with Crippen molar-refractivity contribution in [1.29, 1.82) is 0 Å². The summed E-state index contributed by atoms with van der Waals surface area (Å²) in [7, 11) is 0. The summed E-state index contributed by atoms with van der Waals surface area (Å²) < 4.78 is 0. The van der Waals surface area contributed by atoms with Crippen LogP contribution in [0.3, 0.4) is 0 Å². The summed E-state index contributed by atoms with van der Waals surface area (Å²) in [4.78, 5) is 35.9. The zero-order chi connectivity index (χ0) is 13.8. The van der Waals surface area contributed by atoms with Gasteiger partial charge in [0.25, 0.3) is 0 Å². The molecule has 1 aliphatic rings. The molecule has 0 aromatic heterocycles. The number of amides is 2. The molecule has 1 fully saturated rings. The number of nitrogens with zero attached hydrogens (tertiary/aromatic N) is 1. The molecule has 19 heavy (non-hydrogen) atoms. The van der Waals surface area contributed by atoms with Gasteiger partial charge < -0.3 is 5.11 Å². The Morgan fingerprint density at radius 3 is 2.32 bits per heavy atom. The van der Waals surface area contributed by atoms with Crippen LogP contribution in [-0.2, 0) is 14.4 Å². The summed E-state index contributed by atoms with van der Waals surface area (Å²) in [6, 6.07) is 8.07. The summed E-state index contributed by atoms with van der Waals surface area (Å²) >= 11 is 1.26. The Bertz CT molecular complexity index is 487. The zero-order valence-electron chi connectivity index (χ0n) is 10.1. The molecule has 0 bridgehead atoms. The second-order valence-corrected chi connectivity index (χ2v) is 5.16. The van der Waals surface area contributed by atoms with Gasteiger partial charge in [-0.2, -0.15) is 0 Å². The van der Waals surface area contributed by atoms with E-state index in [1.807, 2.05) is 0 Å². The monoisotopic (exact) mass is 279 g/mol. The summed E-state index contributed by atoms with van der Waals surface area (Å²) in [5.74, 6) is -1.25. The molecule has 2 amide bonds. The second-order valence-electron chi connectivity index (χ2n) is 4.17. The largest absolute Gasteiger partial charge is 0.481 e. The molecule has 100 valence electrons. The molecule has 0 spiro atoms. The number of imide groups is 1. The van der Waals surface area contributed by atoms with Crippen LogP contribution in [0.15, 0.2) is 30.3 Å². The Labute approximate surface area is 114 Å². The van der Waals surface area contributed by atoms with E-state index >= 15 is 0 Å². The number of hydrogen-bond donors (Lipinski definition) is 1. The van der Waals surface area contributed by atoms with Crippen molar-refractivity contribution in [2.45, 2.75) is 12.5 Å². The smallest absolute Gasteiger partial charge is 0.305 e. The number of carboxylic acid groups (broad SMARTS) is 1. The highest BCUT2D eigenvalue weighted by atomic mass is 32.2. The Balaban J connectivity index is 2.34. The highest BCUT2D eigenvalue weighted by Crippen LogP contribution is 2.28. The minimum absolute atomic E-state index is 0.217. The molecule has 1 atom stereocenters. The number of aliphatic carboxylic acids is 1. The maximum atomic E-state index is 11.9. The molecule has 2 rings (SSSR count). The van der Waals surface area contributed by atoms with Gasteiger partial charge in [-0.05, 0) is 5.56 Å². The minimum Gasteiger partial charge on any atom is -0.481 e. The van der Waals surface area contributed by atoms with Gasteiger partial charge in [0.1, 0.15) is 0 Å². The molecule has 0 saturated carbocycles. The van der Waals surface area contributed by atoms with E-state index in [1.54, 1.807) is 30.3 Å². The van der Waals surface area contributed by atoms with Gasteiger partial charge in [-0.3, -0.25) is 19.3 Å². The third kappa shape index (κ3) is 3.14. The first-order valence-electron chi connectivity index (χ1n) is 5.79. The normalized spacial score (nSPS) is 17.4. The molecular formula is C13H13NO4S. The molecule has 6 heteroatoms. The van der Waals surface area contributed by atoms with Crippen LogP contribution in [0.5, 0.6) is 0 Å². The van der Waals surface area contributed by atoms with Crippen LogP contribution >= 0.6 is 11.8 Å². The zero-order valence-corrected chi connectivity index (χ0v) is 10.9. The first-order valence-corrected chi connectivity index (χ1v) is 6.94. The SMILES string of the molecule is O=C(O)CC(c1ccccc1)N1C(=O)CSCC1=O. The van der Waals surface area contributed by atoms with Crippen molar-refractivity contribution >= 4 is 29.5 Å². The topological polar surface area (TPSA) is 74.7 Å². The summed E-state index contributed by atoms with van der Waals surface area (Å²) in [6.45, 7) is 0. The van der Waals surface area contributed by atoms with Gasteiger partial charge >= 0.3 is 5.97 Å². The number of carbonyl (C=O) groups excluding carboxylic acids is 2. The molecule has 1 N–H and O–H groups in total. The number of carboxylic acids is 1. The van der Waals surface area contributed by atoms with Crippen LogP contribution in [0.2, 0.25) is 0 Å². The summed E-state index contributed by atoms with van der Waals surface area (Å²) in [5, 5.41) is 8.99. The maximum Gasteiger partial charge on any atom is 0.305 e. The van der Waals surface area contributed by atoms with Crippen LogP contribution in [0.25, 0.3) is 0 Å². The number of carbonyl (C=O) groups is 3. The average Bonchev–Trinajstić information content (AvgIpc) is 2.38. The molecule has 1 saturated heterocycles. The molecule has 0 aliphatic carbocycles. The van der Waals surface area contributed by atoms with E-state index in [9.17, 15) is 14.4 Å². The molecular weight excluding hydrogens is 266 g/mol. The Morgan fingerprint density at radius 1 is 1.21 bits per heavy atom. The highest BCUT2D eigenvalue weighted by molar-refractivity contribution is 8.00. The van der Waals surface area contributed by atoms with Gasteiger partial charge in [0.05, 0.1) is 24.0 Å². The van der Waals surface area contributed by atoms with E-state index < -0.39 is 12.0 Å². The lowest BCUT2D eigenvalue weighted by Crippen LogP contribution is -2.45. The van der Waals surface area contributed by atoms with Gasteiger partial charge in [-0.1, -0.05) is 30.3 Å². The lowest BCUT2D eigenvalue weighted by molar-refractivity contribution is -0.147. The van der Waals surface area contributed by atoms with Gasteiger partial charge in [0, 0.05) is 0 Å².